The molecule has 0 aliphatic carbocycles. The van der Waals surface area contributed by atoms with Gasteiger partial charge in [0.2, 0.25) is 11.5 Å². The van der Waals surface area contributed by atoms with Gasteiger partial charge < -0.3 is 40.4 Å². The van der Waals surface area contributed by atoms with Crippen LogP contribution in [0.1, 0.15) is 87.0 Å². The number of aliphatic imine (C=N–C) groups is 1. The van der Waals surface area contributed by atoms with Gasteiger partial charge in [0.05, 0.1) is 58.2 Å². The number of cyclic esters (lactones) is 1. The van der Waals surface area contributed by atoms with E-state index >= 15 is 0 Å². The van der Waals surface area contributed by atoms with Gasteiger partial charge in [-0.15, -0.1) is 0 Å². The lowest BCUT2D eigenvalue weighted by atomic mass is 9.85. The smallest absolute Gasteiger partial charge is 0.355 e. The van der Waals surface area contributed by atoms with E-state index in [-0.39, 0.29) is 48.6 Å². The number of carboxylic acids is 1. The van der Waals surface area contributed by atoms with Crippen LogP contribution in [0.4, 0.5) is 17.1 Å². The summed E-state index contributed by atoms with van der Waals surface area (Å²) in [5.74, 6) is -3.78. The van der Waals surface area contributed by atoms with Gasteiger partial charge >= 0.3 is 17.9 Å². The number of nitrogens with two attached hydrogens (primary N) is 1. The molecule has 15 nitrogen and oxygen atoms in total. The number of fused-ring (bicyclic) bond motifs is 6. The van der Waals surface area contributed by atoms with Crippen molar-refractivity contribution < 1.29 is 33.8 Å². The molecule has 4 aromatic rings. The number of carboxylic acid groups (broad SMARTS) is 1. The van der Waals surface area contributed by atoms with Crippen LogP contribution in [0.5, 0.6) is 0 Å². The summed E-state index contributed by atoms with van der Waals surface area (Å²) >= 11 is 0. The summed E-state index contributed by atoms with van der Waals surface area (Å²) in [5, 5.41) is 16.6. The molecule has 1 amide bonds. The van der Waals surface area contributed by atoms with Gasteiger partial charge in [-0.1, -0.05) is 51.0 Å². The van der Waals surface area contributed by atoms with Crippen LogP contribution in [0.25, 0.3) is 22.3 Å². The molecular formula is C42H45N7O8. The molecule has 2 aromatic heterocycles. The molecule has 0 spiro atoms. The second kappa shape index (κ2) is 15.1. The number of rotatable bonds is 14. The first-order valence-electron chi connectivity index (χ1n) is 19.6. The topological polar surface area (TPSA) is 208 Å². The van der Waals surface area contributed by atoms with Crippen LogP contribution in [0.3, 0.4) is 0 Å². The van der Waals surface area contributed by atoms with Crippen molar-refractivity contribution in [1.29, 1.82) is 0 Å². The molecule has 4 aliphatic heterocycles. The molecule has 0 bridgehead atoms. The zero-order valence-corrected chi connectivity index (χ0v) is 31.9. The monoisotopic (exact) mass is 775 g/mol. The number of aliphatic carboxylic acids is 1. The molecule has 4 aliphatic rings. The quantitative estimate of drug-likeness (QED) is 0.0904. The number of anilines is 2. The molecule has 4 atom stereocenters. The Kier molecular flexibility index (Phi) is 10.0. The average molecular weight is 776 g/mol. The Balaban J connectivity index is 1.04. The molecule has 0 saturated carbocycles. The molecule has 5 N–H and O–H groups in total. The fraction of sp³-hybridized carbons (Fsp3) is 0.405. The van der Waals surface area contributed by atoms with Crippen molar-refractivity contribution in [3.8, 4) is 11.4 Å². The van der Waals surface area contributed by atoms with E-state index in [1.165, 1.54) is 0 Å². The van der Waals surface area contributed by atoms with Crippen molar-refractivity contribution in [3.05, 3.63) is 81.1 Å². The first kappa shape index (κ1) is 37.8. The predicted molar refractivity (Wildman–Crippen MR) is 212 cm³/mol. The molecular weight excluding hydrogens is 731 g/mol. The molecule has 8 rings (SSSR count). The van der Waals surface area contributed by atoms with Gasteiger partial charge in [0.1, 0.15) is 12.6 Å². The number of hydrogen-bond donors (Lipinski definition) is 4. The van der Waals surface area contributed by atoms with Crippen LogP contribution in [-0.2, 0) is 47.4 Å². The van der Waals surface area contributed by atoms with Crippen LogP contribution in [0, 0.1) is 0 Å². The molecule has 1 unspecified atom stereocenters. The highest BCUT2D eigenvalue weighted by molar-refractivity contribution is 6.11. The number of benzene rings is 2. The summed E-state index contributed by atoms with van der Waals surface area (Å²) in [6.07, 6.45) is 4.33. The summed E-state index contributed by atoms with van der Waals surface area (Å²) in [4.78, 5) is 78.7. The van der Waals surface area contributed by atoms with E-state index in [0.717, 1.165) is 59.4 Å². The Hall–Kier alpha value is -6.09. The third-order valence-electron chi connectivity index (χ3n) is 11.6. The van der Waals surface area contributed by atoms with E-state index in [2.05, 4.69) is 22.5 Å². The number of nitrogens with one attached hydrogen (secondary N) is 2. The molecule has 0 saturated heterocycles. The SMILES string of the molecule is CCCCCN1C=Nc2cccc3nc4c(c1c23)Cn1c-4cc2c(c1=O)COC(=O)[C@@]2(CC)OC(=O)CC[C@H](NC(=O)[C@H](N)CC1CNc2ccccc21)C(=O)O. The number of amides is 1. The maximum Gasteiger partial charge on any atom is 0.355 e. The summed E-state index contributed by atoms with van der Waals surface area (Å²) in [5.41, 5.74) is 10.7. The molecule has 0 fully saturated rings. The van der Waals surface area contributed by atoms with Crippen molar-refractivity contribution in [3.63, 3.8) is 0 Å². The Morgan fingerprint density at radius 1 is 1.12 bits per heavy atom. The van der Waals surface area contributed by atoms with Crippen molar-refractivity contribution in [1.82, 2.24) is 14.9 Å². The van der Waals surface area contributed by atoms with Gasteiger partial charge in [0.25, 0.3) is 5.56 Å². The van der Waals surface area contributed by atoms with Gasteiger partial charge in [0.15, 0.2) is 0 Å². The number of pyridine rings is 2. The van der Waals surface area contributed by atoms with Gasteiger partial charge in [-0.2, -0.15) is 0 Å². The Morgan fingerprint density at radius 3 is 2.74 bits per heavy atom. The minimum atomic E-state index is -1.98. The van der Waals surface area contributed by atoms with Crippen molar-refractivity contribution in [2.24, 2.45) is 10.7 Å². The van der Waals surface area contributed by atoms with E-state index < -0.39 is 47.9 Å². The van der Waals surface area contributed by atoms with Crippen LogP contribution >= 0.6 is 0 Å². The number of nitrogens with zero attached hydrogens (tertiary/aromatic N) is 4. The number of hydrogen-bond acceptors (Lipinski definition) is 12. The average Bonchev–Trinajstić information content (AvgIpc) is 3.79. The molecule has 2 aromatic carbocycles. The lowest BCUT2D eigenvalue weighted by Crippen LogP contribution is -2.49. The van der Waals surface area contributed by atoms with E-state index in [0.29, 0.717) is 29.9 Å². The molecule has 296 valence electrons. The first-order chi connectivity index (χ1) is 27.5. The number of ether oxygens (including phenoxy) is 2. The Labute approximate surface area is 328 Å². The number of unbranched alkanes of at least 4 members (excludes halogenated alkanes) is 2. The summed E-state index contributed by atoms with van der Waals surface area (Å²) in [7, 11) is 0. The molecule has 15 heteroatoms. The number of carbonyl (C=O) groups excluding carboxylic acids is 3. The van der Waals surface area contributed by atoms with Crippen LogP contribution in [0.15, 0.2) is 58.3 Å². The number of carbonyl (C=O) groups is 4. The van der Waals surface area contributed by atoms with Crippen LogP contribution < -0.4 is 26.8 Å². The standard InChI is InChI=1S/C42H45N7O8/c1-3-5-8-16-48-22-45-30-12-9-13-31-35(30)37(48)25-20-49-33(36(25)46-31)18-27-26(39(49)52)21-56-41(55)42(27,4-2)57-34(50)15-14-32(40(53)54)47-38(51)28(43)17-23-19-44-29-11-7-6-10-24(23)29/h6-7,9-13,18,22-23,28,32,44H,3-5,8,14-17,19-21,43H2,1-2H3,(H,47,51)(H,53,54)/t23?,28-,32+,42+/m1/s1. The zero-order valence-electron chi connectivity index (χ0n) is 31.9. The van der Waals surface area contributed by atoms with E-state index in [1.54, 1.807) is 17.6 Å². The van der Waals surface area contributed by atoms with E-state index in [4.69, 9.17) is 25.2 Å². The first-order valence-corrected chi connectivity index (χ1v) is 19.6. The normalized spacial score (nSPS) is 19.5. The van der Waals surface area contributed by atoms with E-state index in [1.807, 2.05) is 48.8 Å². The summed E-state index contributed by atoms with van der Waals surface area (Å²) in [6.45, 7) is 5.07. The number of aromatic nitrogens is 2. The van der Waals surface area contributed by atoms with E-state index in [9.17, 15) is 29.1 Å². The minimum Gasteiger partial charge on any atom is -0.480 e. The van der Waals surface area contributed by atoms with Gasteiger partial charge in [-0.05, 0) is 55.5 Å². The number of esters is 2. The molecule has 6 heterocycles. The van der Waals surface area contributed by atoms with Gasteiger partial charge in [-0.25, -0.2) is 19.6 Å². The van der Waals surface area contributed by atoms with Gasteiger partial charge in [-0.3, -0.25) is 14.4 Å². The molecule has 0 radical (unpaired) electrons. The fourth-order valence-corrected chi connectivity index (χ4v) is 8.59. The Bertz CT molecular complexity index is 2410. The lowest BCUT2D eigenvalue weighted by molar-refractivity contribution is -0.189. The minimum absolute atomic E-state index is 0.0260. The highest BCUT2D eigenvalue weighted by Crippen LogP contribution is 2.47. The maximum absolute atomic E-state index is 14.3. The maximum atomic E-state index is 14.3. The highest BCUT2D eigenvalue weighted by atomic mass is 16.6. The predicted octanol–water partition coefficient (Wildman–Crippen LogP) is 4.58. The molecule has 57 heavy (non-hydrogen) atoms. The zero-order chi connectivity index (χ0) is 40.0. The van der Waals surface area contributed by atoms with Crippen molar-refractivity contribution in [2.45, 2.75) is 95.5 Å². The third-order valence-corrected chi connectivity index (χ3v) is 11.6. The third kappa shape index (κ3) is 6.58. The summed E-state index contributed by atoms with van der Waals surface area (Å²) < 4.78 is 13.1. The largest absolute Gasteiger partial charge is 0.480 e. The van der Waals surface area contributed by atoms with Crippen LogP contribution in [0.2, 0.25) is 0 Å². The van der Waals surface area contributed by atoms with Crippen molar-refractivity contribution >= 4 is 58.1 Å². The fourth-order valence-electron chi connectivity index (χ4n) is 8.59. The Morgan fingerprint density at radius 2 is 1.95 bits per heavy atom. The van der Waals surface area contributed by atoms with Gasteiger partial charge in [0, 0.05) is 42.2 Å². The second-order valence-corrected chi connectivity index (χ2v) is 15.1. The number of para-hydroxylation sites is 1. The lowest BCUT2D eigenvalue weighted by Gasteiger charge is -2.35. The summed E-state index contributed by atoms with van der Waals surface area (Å²) in [6, 6.07) is 12.7. The highest BCUT2D eigenvalue weighted by Gasteiger charge is 2.50. The van der Waals surface area contributed by atoms with Crippen LogP contribution in [-0.4, -0.2) is 70.0 Å². The second-order valence-electron chi connectivity index (χ2n) is 15.1. The van der Waals surface area contributed by atoms with Crippen molar-refractivity contribution in [2.75, 3.05) is 23.3 Å².